The SMILES string of the molecule is CN(C)c1ccc(CC2NC(Cc3ccc(N(C)C)cc3)N(O)C2=O)cc1. The number of rotatable bonds is 6. The van der Waals surface area contributed by atoms with Crippen molar-refractivity contribution in [2.75, 3.05) is 38.0 Å². The van der Waals surface area contributed by atoms with E-state index in [4.69, 9.17) is 0 Å². The average molecular weight is 368 g/mol. The van der Waals surface area contributed by atoms with Gasteiger partial charge in [-0.1, -0.05) is 24.3 Å². The fraction of sp³-hybridized carbons (Fsp3) is 0.381. The number of nitrogens with zero attached hydrogens (tertiary/aromatic N) is 3. The lowest BCUT2D eigenvalue weighted by Gasteiger charge is -2.18. The molecule has 2 aromatic rings. The minimum absolute atomic E-state index is 0.276. The smallest absolute Gasteiger partial charge is 0.264 e. The lowest BCUT2D eigenvalue weighted by Crippen LogP contribution is -2.37. The molecule has 2 aromatic carbocycles. The average Bonchev–Trinajstić information content (AvgIpc) is 2.90. The van der Waals surface area contributed by atoms with Crippen molar-refractivity contribution in [3.63, 3.8) is 0 Å². The summed E-state index contributed by atoms with van der Waals surface area (Å²) < 4.78 is 0. The molecule has 0 bridgehead atoms. The minimum atomic E-state index is -0.411. The Hall–Kier alpha value is -2.57. The molecule has 27 heavy (non-hydrogen) atoms. The van der Waals surface area contributed by atoms with Crippen LogP contribution in [-0.4, -0.2) is 56.6 Å². The molecule has 0 aliphatic carbocycles. The van der Waals surface area contributed by atoms with Crippen LogP contribution in [0.1, 0.15) is 11.1 Å². The molecule has 2 atom stereocenters. The van der Waals surface area contributed by atoms with Crippen molar-refractivity contribution in [1.82, 2.24) is 10.4 Å². The Bertz CT molecular complexity index is 772. The zero-order valence-corrected chi connectivity index (χ0v) is 16.4. The van der Waals surface area contributed by atoms with Crippen LogP contribution in [0.25, 0.3) is 0 Å². The first kappa shape index (κ1) is 19.2. The normalized spacial score (nSPS) is 19.4. The van der Waals surface area contributed by atoms with Crippen LogP contribution in [0.5, 0.6) is 0 Å². The lowest BCUT2D eigenvalue weighted by atomic mass is 10.1. The van der Waals surface area contributed by atoms with Gasteiger partial charge in [0.15, 0.2) is 0 Å². The molecule has 0 radical (unpaired) electrons. The third-order valence-corrected chi connectivity index (χ3v) is 4.99. The molecule has 0 spiro atoms. The topological polar surface area (TPSA) is 59.1 Å². The highest BCUT2D eigenvalue weighted by Crippen LogP contribution is 2.20. The summed E-state index contributed by atoms with van der Waals surface area (Å²) in [6, 6.07) is 15.9. The summed E-state index contributed by atoms with van der Waals surface area (Å²) in [7, 11) is 7.99. The molecule has 6 heteroatoms. The molecule has 2 unspecified atom stereocenters. The van der Waals surface area contributed by atoms with Crippen molar-refractivity contribution in [2.45, 2.75) is 25.0 Å². The second-order valence-electron chi connectivity index (χ2n) is 7.45. The van der Waals surface area contributed by atoms with Crippen molar-refractivity contribution in [3.8, 4) is 0 Å². The molecule has 1 fully saturated rings. The summed E-state index contributed by atoms with van der Waals surface area (Å²) in [6.45, 7) is 0. The number of hydroxylamine groups is 2. The third-order valence-electron chi connectivity index (χ3n) is 4.99. The van der Waals surface area contributed by atoms with E-state index >= 15 is 0 Å². The van der Waals surface area contributed by atoms with Gasteiger partial charge in [-0.15, -0.1) is 0 Å². The maximum Gasteiger partial charge on any atom is 0.264 e. The quantitative estimate of drug-likeness (QED) is 0.765. The van der Waals surface area contributed by atoms with E-state index in [1.54, 1.807) is 0 Å². The number of benzene rings is 2. The molecule has 1 saturated heterocycles. The predicted octanol–water partition coefficient (Wildman–Crippen LogP) is 2.12. The standard InChI is InChI=1S/C21H28N4O2/c1-23(2)17-9-5-15(6-10-17)13-19-21(26)25(27)20(22-19)14-16-7-11-18(12-8-16)24(3)4/h5-12,19-20,22,27H,13-14H2,1-4H3. The highest BCUT2D eigenvalue weighted by Gasteiger charge is 2.38. The van der Waals surface area contributed by atoms with Crippen LogP contribution in [0, 0.1) is 0 Å². The molecule has 2 N–H and O–H groups in total. The maximum atomic E-state index is 12.4. The first-order valence-corrected chi connectivity index (χ1v) is 9.15. The number of anilines is 2. The first-order chi connectivity index (χ1) is 12.8. The molecule has 1 heterocycles. The molecular weight excluding hydrogens is 340 g/mol. The van der Waals surface area contributed by atoms with Gasteiger partial charge in [0.25, 0.3) is 5.91 Å². The van der Waals surface area contributed by atoms with Gasteiger partial charge < -0.3 is 9.80 Å². The van der Waals surface area contributed by atoms with Crippen molar-refractivity contribution in [1.29, 1.82) is 0 Å². The Balaban J connectivity index is 1.63. The number of hydrogen-bond acceptors (Lipinski definition) is 5. The highest BCUT2D eigenvalue weighted by molar-refractivity contribution is 5.83. The third kappa shape index (κ3) is 4.40. The Morgan fingerprint density at radius 2 is 1.30 bits per heavy atom. The molecule has 1 amide bonds. The van der Waals surface area contributed by atoms with Crippen molar-refractivity contribution in [2.24, 2.45) is 0 Å². The molecule has 1 aliphatic heterocycles. The maximum absolute atomic E-state index is 12.4. The number of carbonyl (C=O) groups is 1. The van der Waals surface area contributed by atoms with Gasteiger partial charge >= 0.3 is 0 Å². The van der Waals surface area contributed by atoms with Gasteiger partial charge in [0.2, 0.25) is 0 Å². The molecule has 1 aliphatic rings. The van der Waals surface area contributed by atoms with Crippen LogP contribution in [-0.2, 0) is 17.6 Å². The summed E-state index contributed by atoms with van der Waals surface area (Å²) >= 11 is 0. The van der Waals surface area contributed by atoms with Gasteiger partial charge in [-0.25, -0.2) is 5.06 Å². The molecule has 144 valence electrons. The van der Waals surface area contributed by atoms with E-state index in [1.807, 2.05) is 86.5 Å². The summed E-state index contributed by atoms with van der Waals surface area (Å²) in [5.41, 5.74) is 4.37. The van der Waals surface area contributed by atoms with Crippen LogP contribution in [0.3, 0.4) is 0 Å². The molecular formula is C21H28N4O2. The predicted molar refractivity (Wildman–Crippen MR) is 108 cm³/mol. The van der Waals surface area contributed by atoms with E-state index in [-0.39, 0.29) is 5.91 Å². The number of nitrogens with one attached hydrogen (secondary N) is 1. The number of hydrogen-bond donors (Lipinski definition) is 2. The van der Waals surface area contributed by atoms with Gasteiger partial charge in [0.05, 0.1) is 6.04 Å². The zero-order chi connectivity index (χ0) is 19.6. The van der Waals surface area contributed by atoms with E-state index in [2.05, 4.69) is 5.32 Å². The fourth-order valence-corrected chi connectivity index (χ4v) is 3.30. The molecule has 6 nitrogen and oxygen atoms in total. The minimum Gasteiger partial charge on any atom is -0.378 e. The first-order valence-electron chi connectivity index (χ1n) is 9.15. The van der Waals surface area contributed by atoms with Gasteiger partial charge in [-0.3, -0.25) is 15.3 Å². The van der Waals surface area contributed by atoms with Gasteiger partial charge in [-0.05, 0) is 41.8 Å². The van der Waals surface area contributed by atoms with E-state index in [1.165, 1.54) is 0 Å². The van der Waals surface area contributed by atoms with E-state index in [0.29, 0.717) is 12.8 Å². The van der Waals surface area contributed by atoms with Gasteiger partial charge in [0.1, 0.15) is 6.17 Å². The second-order valence-corrected chi connectivity index (χ2v) is 7.45. The Morgan fingerprint density at radius 1 is 0.852 bits per heavy atom. The number of carbonyl (C=O) groups excluding carboxylic acids is 1. The lowest BCUT2D eigenvalue weighted by molar-refractivity contribution is -0.166. The van der Waals surface area contributed by atoms with Crippen molar-refractivity contribution in [3.05, 3.63) is 59.7 Å². The second kappa shape index (κ2) is 7.98. The van der Waals surface area contributed by atoms with Crippen molar-refractivity contribution < 1.29 is 10.0 Å². The Morgan fingerprint density at radius 3 is 1.74 bits per heavy atom. The molecule has 3 rings (SSSR count). The summed E-state index contributed by atoms with van der Waals surface area (Å²) in [5.74, 6) is -0.276. The van der Waals surface area contributed by atoms with Crippen LogP contribution in [0.15, 0.2) is 48.5 Å². The fourth-order valence-electron chi connectivity index (χ4n) is 3.30. The van der Waals surface area contributed by atoms with E-state index in [0.717, 1.165) is 27.6 Å². The van der Waals surface area contributed by atoms with Crippen molar-refractivity contribution >= 4 is 17.3 Å². The largest absolute Gasteiger partial charge is 0.378 e. The van der Waals surface area contributed by atoms with Crippen LogP contribution < -0.4 is 15.1 Å². The van der Waals surface area contributed by atoms with Gasteiger partial charge in [-0.2, -0.15) is 0 Å². The highest BCUT2D eigenvalue weighted by atomic mass is 16.5. The van der Waals surface area contributed by atoms with E-state index < -0.39 is 12.2 Å². The summed E-state index contributed by atoms with van der Waals surface area (Å²) in [6.07, 6.45) is 0.708. The Kier molecular flexibility index (Phi) is 5.68. The Labute approximate surface area is 161 Å². The molecule has 0 aromatic heterocycles. The summed E-state index contributed by atoms with van der Waals surface area (Å²) in [5, 5.41) is 14.3. The summed E-state index contributed by atoms with van der Waals surface area (Å²) in [4.78, 5) is 16.5. The van der Waals surface area contributed by atoms with Gasteiger partial charge in [0, 0.05) is 46.0 Å². The molecule has 0 saturated carbocycles. The monoisotopic (exact) mass is 368 g/mol. The van der Waals surface area contributed by atoms with Crippen LogP contribution >= 0.6 is 0 Å². The van der Waals surface area contributed by atoms with Crippen LogP contribution in [0.4, 0.5) is 11.4 Å². The zero-order valence-electron chi connectivity index (χ0n) is 16.4. The van der Waals surface area contributed by atoms with Crippen LogP contribution in [0.2, 0.25) is 0 Å². The van der Waals surface area contributed by atoms with E-state index in [9.17, 15) is 10.0 Å². The number of amides is 1.